The van der Waals surface area contributed by atoms with Crippen LogP contribution in [0.4, 0.5) is 5.69 Å². The molecule has 0 fully saturated rings. The van der Waals surface area contributed by atoms with E-state index in [-0.39, 0.29) is 18.6 Å². The molecule has 0 radical (unpaired) electrons. The molecule has 4 heteroatoms. The minimum atomic E-state index is -0.384. The van der Waals surface area contributed by atoms with Crippen LogP contribution >= 0.6 is 0 Å². The lowest BCUT2D eigenvalue weighted by Crippen LogP contribution is -2.30. The van der Waals surface area contributed by atoms with Crippen molar-refractivity contribution in [3.63, 3.8) is 0 Å². The molecular weight excluding hydrogens is 264 g/mol. The number of hydrogen-bond donors (Lipinski definition) is 3. The molecule has 1 aliphatic rings. The van der Waals surface area contributed by atoms with E-state index in [1.165, 1.54) is 5.56 Å². The lowest BCUT2D eigenvalue weighted by Gasteiger charge is -2.17. The number of carbonyl (C=O) groups excluding carboxylic acids is 1. The molecule has 0 bridgehead atoms. The molecule has 108 valence electrons. The van der Waals surface area contributed by atoms with Crippen molar-refractivity contribution in [2.75, 3.05) is 18.5 Å². The maximum atomic E-state index is 12.3. The molecule has 3 N–H and O–H groups in total. The lowest BCUT2D eigenvalue weighted by molar-refractivity contribution is 0.0916. The van der Waals surface area contributed by atoms with Crippen molar-refractivity contribution in [1.82, 2.24) is 5.32 Å². The third kappa shape index (κ3) is 2.90. The number of anilines is 1. The van der Waals surface area contributed by atoms with Crippen LogP contribution in [0.15, 0.2) is 48.5 Å². The second kappa shape index (κ2) is 5.97. The van der Waals surface area contributed by atoms with E-state index in [4.69, 9.17) is 0 Å². The molecule has 1 heterocycles. The van der Waals surface area contributed by atoms with Crippen LogP contribution in [-0.2, 0) is 6.42 Å². The first-order chi connectivity index (χ1) is 10.3. The molecule has 0 aliphatic carbocycles. The maximum absolute atomic E-state index is 12.3. The number of benzene rings is 2. The van der Waals surface area contributed by atoms with Crippen LogP contribution < -0.4 is 10.6 Å². The summed E-state index contributed by atoms with van der Waals surface area (Å²) in [6.07, 6.45) is 0.943. The molecule has 21 heavy (non-hydrogen) atoms. The van der Waals surface area contributed by atoms with Gasteiger partial charge in [-0.05, 0) is 35.7 Å². The summed E-state index contributed by atoms with van der Waals surface area (Å²) >= 11 is 0. The summed E-state index contributed by atoms with van der Waals surface area (Å²) in [6, 6.07) is 14.8. The number of rotatable bonds is 4. The first kappa shape index (κ1) is 13.6. The highest BCUT2D eigenvalue weighted by Gasteiger charge is 2.17. The Balaban J connectivity index is 1.76. The monoisotopic (exact) mass is 282 g/mol. The minimum Gasteiger partial charge on any atom is -0.394 e. The van der Waals surface area contributed by atoms with Gasteiger partial charge in [-0.2, -0.15) is 0 Å². The van der Waals surface area contributed by atoms with E-state index < -0.39 is 0 Å². The summed E-state index contributed by atoms with van der Waals surface area (Å²) in [6.45, 7) is 0.798. The Morgan fingerprint density at radius 1 is 1.24 bits per heavy atom. The van der Waals surface area contributed by atoms with Crippen LogP contribution in [0.5, 0.6) is 0 Å². The van der Waals surface area contributed by atoms with E-state index in [1.807, 2.05) is 48.5 Å². The van der Waals surface area contributed by atoms with Crippen molar-refractivity contribution in [2.45, 2.75) is 12.5 Å². The van der Waals surface area contributed by atoms with Crippen LogP contribution in [0.1, 0.15) is 27.5 Å². The Morgan fingerprint density at radius 2 is 2.05 bits per heavy atom. The standard InChI is InChI=1S/C17H18N2O2/c20-11-16(12-4-2-1-3-5-12)19-17(21)14-6-7-15-13(10-14)8-9-18-15/h1-7,10,16,18,20H,8-9,11H2,(H,19,21)/t16-/m1/s1. The predicted octanol–water partition coefficient (Wildman–Crippen LogP) is 2.12. The summed E-state index contributed by atoms with van der Waals surface area (Å²) in [7, 11) is 0. The number of carbonyl (C=O) groups is 1. The summed E-state index contributed by atoms with van der Waals surface area (Å²) in [5.74, 6) is -0.160. The Labute approximate surface area is 123 Å². The topological polar surface area (TPSA) is 61.4 Å². The maximum Gasteiger partial charge on any atom is 0.251 e. The Kier molecular flexibility index (Phi) is 3.88. The van der Waals surface area contributed by atoms with E-state index in [0.717, 1.165) is 24.2 Å². The Morgan fingerprint density at radius 3 is 2.81 bits per heavy atom. The smallest absolute Gasteiger partial charge is 0.251 e. The third-order valence-electron chi connectivity index (χ3n) is 3.77. The summed E-state index contributed by atoms with van der Waals surface area (Å²) in [4.78, 5) is 12.3. The van der Waals surface area contributed by atoms with E-state index in [0.29, 0.717) is 5.56 Å². The number of aliphatic hydroxyl groups excluding tert-OH is 1. The van der Waals surface area contributed by atoms with Gasteiger partial charge in [0, 0.05) is 17.8 Å². The average molecular weight is 282 g/mol. The van der Waals surface area contributed by atoms with Gasteiger partial charge < -0.3 is 15.7 Å². The zero-order chi connectivity index (χ0) is 14.7. The molecule has 0 aromatic heterocycles. The minimum absolute atomic E-state index is 0.123. The van der Waals surface area contributed by atoms with Gasteiger partial charge in [0.1, 0.15) is 0 Å². The van der Waals surface area contributed by atoms with Crippen molar-refractivity contribution in [1.29, 1.82) is 0 Å². The van der Waals surface area contributed by atoms with Gasteiger partial charge in [-0.25, -0.2) is 0 Å². The highest BCUT2D eigenvalue weighted by atomic mass is 16.3. The van der Waals surface area contributed by atoms with Crippen LogP contribution in [0.2, 0.25) is 0 Å². The zero-order valence-electron chi connectivity index (χ0n) is 11.7. The Bertz CT molecular complexity index is 640. The average Bonchev–Trinajstić information content (AvgIpc) is 3.00. The quantitative estimate of drug-likeness (QED) is 0.805. The molecule has 0 unspecified atom stereocenters. The number of fused-ring (bicyclic) bond motifs is 1. The zero-order valence-corrected chi connectivity index (χ0v) is 11.7. The van der Waals surface area contributed by atoms with Gasteiger partial charge in [0.15, 0.2) is 0 Å². The SMILES string of the molecule is O=C(N[C@H](CO)c1ccccc1)c1ccc2c(c1)CCN2. The molecular formula is C17H18N2O2. The molecule has 1 aliphatic heterocycles. The predicted molar refractivity (Wildman–Crippen MR) is 82.4 cm³/mol. The molecule has 2 aromatic rings. The van der Waals surface area contributed by atoms with Gasteiger partial charge in [-0.3, -0.25) is 4.79 Å². The molecule has 0 spiro atoms. The van der Waals surface area contributed by atoms with Gasteiger partial charge in [0.05, 0.1) is 12.6 Å². The highest BCUT2D eigenvalue weighted by molar-refractivity contribution is 5.95. The lowest BCUT2D eigenvalue weighted by atomic mass is 10.1. The fourth-order valence-corrected chi connectivity index (χ4v) is 2.61. The molecule has 1 atom stereocenters. The fraction of sp³-hybridized carbons (Fsp3) is 0.235. The van der Waals surface area contributed by atoms with E-state index in [1.54, 1.807) is 0 Å². The molecule has 2 aromatic carbocycles. The van der Waals surface area contributed by atoms with E-state index in [9.17, 15) is 9.90 Å². The highest BCUT2D eigenvalue weighted by Crippen LogP contribution is 2.23. The normalized spacial score (nSPS) is 14.1. The van der Waals surface area contributed by atoms with Crippen LogP contribution in [0.3, 0.4) is 0 Å². The van der Waals surface area contributed by atoms with Crippen molar-refractivity contribution < 1.29 is 9.90 Å². The molecule has 3 rings (SSSR count). The third-order valence-corrected chi connectivity index (χ3v) is 3.77. The summed E-state index contributed by atoms with van der Waals surface area (Å²) in [5, 5.41) is 15.7. The fourth-order valence-electron chi connectivity index (χ4n) is 2.61. The number of amides is 1. The van der Waals surface area contributed by atoms with Gasteiger partial charge in [0.25, 0.3) is 5.91 Å². The van der Waals surface area contributed by atoms with Crippen LogP contribution in [0.25, 0.3) is 0 Å². The van der Waals surface area contributed by atoms with Crippen molar-refractivity contribution in [3.05, 3.63) is 65.2 Å². The van der Waals surface area contributed by atoms with Gasteiger partial charge in [0.2, 0.25) is 0 Å². The molecule has 1 amide bonds. The number of aliphatic hydroxyl groups is 1. The van der Waals surface area contributed by atoms with Crippen LogP contribution in [-0.4, -0.2) is 24.2 Å². The molecule has 0 saturated heterocycles. The second-order valence-corrected chi connectivity index (χ2v) is 5.17. The Hall–Kier alpha value is -2.33. The molecule has 0 saturated carbocycles. The number of hydrogen-bond acceptors (Lipinski definition) is 3. The van der Waals surface area contributed by atoms with E-state index in [2.05, 4.69) is 10.6 Å². The largest absolute Gasteiger partial charge is 0.394 e. The van der Waals surface area contributed by atoms with E-state index >= 15 is 0 Å². The van der Waals surface area contributed by atoms with Crippen LogP contribution in [0, 0.1) is 0 Å². The molecule has 4 nitrogen and oxygen atoms in total. The van der Waals surface area contributed by atoms with Crippen molar-refractivity contribution in [3.8, 4) is 0 Å². The first-order valence-electron chi connectivity index (χ1n) is 7.11. The summed E-state index contributed by atoms with van der Waals surface area (Å²) < 4.78 is 0. The van der Waals surface area contributed by atoms with Crippen molar-refractivity contribution in [2.24, 2.45) is 0 Å². The van der Waals surface area contributed by atoms with Crippen molar-refractivity contribution >= 4 is 11.6 Å². The first-order valence-corrected chi connectivity index (χ1v) is 7.11. The summed E-state index contributed by atoms with van der Waals surface area (Å²) in [5.41, 5.74) is 3.80. The van der Waals surface area contributed by atoms with Gasteiger partial charge >= 0.3 is 0 Å². The number of nitrogens with one attached hydrogen (secondary N) is 2. The van der Waals surface area contributed by atoms with Gasteiger partial charge in [-0.15, -0.1) is 0 Å². The second-order valence-electron chi connectivity index (χ2n) is 5.17. The van der Waals surface area contributed by atoms with Gasteiger partial charge in [-0.1, -0.05) is 30.3 Å².